The van der Waals surface area contributed by atoms with Crippen molar-refractivity contribution < 1.29 is 14.3 Å². The summed E-state index contributed by atoms with van der Waals surface area (Å²) in [6.07, 6.45) is 0. The highest BCUT2D eigenvalue weighted by molar-refractivity contribution is 8.13. The monoisotopic (exact) mass is 234 g/mol. The lowest BCUT2D eigenvalue weighted by Crippen LogP contribution is -2.30. The number of rotatable bonds is 6. The molecule has 0 aromatic carbocycles. The number of nitrogens with zero attached hydrogens (tertiary/aromatic N) is 1. The summed E-state index contributed by atoms with van der Waals surface area (Å²) in [5, 5.41) is 2.96. The molecule has 1 amide bonds. The van der Waals surface area contributed by atoms with Crippen LogP contribution >= 0.6 is 11.8 Å². The van der Waals surface area contributed by atoms with E-state index < -0.39 is 0 Å². The fourth-order valence-electron chi connectivity index (χ4n) is 0.795. The summed E-state index contributed by atoms with van der Waals surface area (Å²) in [5.74, 6) is 0.189. The molecule has 5 nitrogen and oxygen atoms in total. The van der Waals surface area contributed by atoms with Crippen molar-refractivity contribution in [2.24, 2.45) is 0 Å². The van der Waals surface area contributed by atoms with Crippen molar-refractivity contribution in [1.82, 2.24) is 10.2 Å². The number of thioether (sulfide) groups is 1. The van der Waals surface area contributed by atoms with Gasteiger partial charge in [-0.25, -0.2) is 0 Å². The van der Waals surface area contributed by atoms with Gasteiger partial charge in [-0.05, 0) is 7.05 Å². The Morgan fingerprint density at radius 3 is 2.67 bits per heavy atom. The first-order valence-corrected chi connectivity index (χ1v) is 5.72. The van der Waals surface area contributed by atoms with E-state index in [0.29, 0.717) is 12.3 Å². The fourth-order valence-corrected chi connectivity index (χ4v) is 1.45. The standard InChI is InChI=1S/C9H18N2O3S/c1-8(12)14-6-7-15-9(13)11(3)5-4-10-2/h10H,4-7H2,1-3H3. The van der Waals surface area contributed by atoms with E-state index >= 15 is 0 Å². The number of carbonyl (C=O) groups is 2. The molecule has 0 rings (SSSR count). The van der Waals surface area contributed by atoms with Crippen molar-refractivity contribution in [2.45, 2.75) is 6.92 Å². The molecule has 0 aromatic heterocycles. The maximum absolute atomic E-state index is 11.4. The Morgan fingerprint density at radius 2 is 2.13 bits per heavy atom. The van der Waals surface area contributed by atoms with Gasteiger partial charge in [0.25, 0.3) is 5.24 Å². The lowest BCUT2D eigenvalue weighted by atomic mass is 10.6. The molecule has 0 saturated carbocycles. The van der Waals surface area contributed by atoms with Crippen LogP contribution in [0.3, 0.4) is 0 Å². The first kappa shape index (κ1) is 14.2. The molecule has 0 bridgehead atoms. The van der Waals surface area contributed by atoms with E-state index in [2.05, 4.69) is 5.32 Å². The smallest absolute Gasteiger partial charge is 0.302 e. The molecule has 0 aromatic rings. The van der Waals surface area contributed by atoms with Crippen LogP contribution < -0.4 is 5.32 Å². The van der Waals surface area contributed by atoms with Crippen molar-refractivity contribution in [3.8, 4) is 0 Å². The Hall–Kier alpha value is -0.750. The van der Waals surface area contributed by atoms with Crippen LogP contribution in [-0.4, -0.2) is 55.7 Å². The van der Waals surface area contributed by atoms with Gasteiger partial charge in [-0.2, -0.15) is 0 Å². The molecule has 0 unspecified atom stereocenters. The minimum Gasteiger partial charge on any atom is -0.465 e. The molecule has 1 N–H and O–H groups in total. The summed E-state index contributed by atoms with van der Waals surface area (Å²) < 4.78 is 4.71. The van der Waals surface area contributed by atoms with Crippen LogP contribution in [0.1, 0.15) is 6.92 Å². The van der Waals surface area contributed by atoms with Crippen molar-refractivity contribution in [3.05, 3.63) is 0 Å². The van der Waals surface area contributed by atoms with E-state index in [4.69, 9.17) is 4.74 Å². The maximum atomic E-state index is 11.4. The molecular formula is C9H18N2O3S. The van der Waals surface area contributed by atoms with E-state index in [1.54, 1.807) is 11.9 Å². The third-order valence-corrected chi connectivity index (χ3v) is 2.55. The molecule has 15 heavy (non-hydrogen) atoms. The number of likely N-dealkylation sites (N-methyl/N-ethyl adjacent to an activating group) is 2. The molecule has 0 aliphatic carbocycles. The summed E-state index contributed by atoms with van der Waals surface area (Å²) in [6, 6.07) is 0. The van der Waals surface area contributed by atoms with E-state index in [1.807, 2.05) is 7.05 Å². The summed E-state index contributed by atoms with van der Waals surface area (Å²) in [6.45, 7) is 3.08. The van der Waals surface area contributed by atoms with Crippen LogP contribution in [0, 0.1) is 0 Å². The molecule has 88 valence electrons. The zero-order valence-electron chi connectivity index (χ0n) is 9.41. The second-order valence-corrected chi connectivity index (χ2v) is 4.03. The second kappa shape index (κ2) is 8.55. The lowest BCUT2D eigenvalue weighted by molar-refractivity contribution is -0.140. The van der Waals surface area contributed by atoms with Crippen molar-refractivity contribution in [1.29, 1.82) is 0 Å². The number of hydrogen-bond donors (Lipinski definition) is 1. The number of esters is 1. The molecule has 0 spiro atoms. The molecule has 0 radical (unpaired) electrons. The molecule has 0 aliphatic rings. The molecule has 0 heterocycles. The van der Waals surface area contributed by atoms with Gasteiger partial charge in [0.2, 0.25) is 0 Å². The Labute approximate surface area is 94.5 Å². The van der Waals surface area contributed by atoms with Gasteiger partial charge in [0.1, 0.15) is 6.61 Å². The summed E-state index contributed by atoms with van der Waals surface area (Å²) in [4.78, 5) is 23.5. The normalized spacial score (nSPS) is 9.80. The highest BCUT2D eigenvalue weighted by Crippen LogP contribution is 2.06. The number of nitrogens with one attached hydrogen (secondary N) is 1. The summed E-state index contributed by atoms with van der Waals surface area (Å²) in [5.41, 5.74) is 0. The quantitative estimate of drug-likeness (QED) is 0.537. The van der Waals surface area contributed by atoms with Crippen LogP contribution in [-0.2, 0) is 9.53 Å². The average Bonchev–Trinajstić information content (AvgIpc) is 2.20. The zero-order chi connectivity index (χ0) is 11.7. The zero-order valence-corrected chi connectivity index (χ0v) is 10.2. The minimum absolute atomic E-state index is 0.00241. The molecule has 0 fully saturated rings. The van der Waals surface area contributed by atoms with Gasteiger partial charge in [0.05, 0.1) is 0 Å². The third-order valence-electron chi connectivity index (χ3n) is 1.62. The highest BCUT2D eigenvalue weighted by Gasteiger charge is 2.08. The van der Waals surface area contributed by atoms with E-state index in [0.717, 1.165) is 18.3 Å². The average molecular weight is 234 g/mol. The van der Waals surface area contributed by atoms with Crippen LogP contribution in [0.25, 0.3) is 0 Å². The van der Waals surface area contributed by atoms with E-state index in [9.17, 15) is 9.59 Å². The van der Waals surface area contributed by atoms with E-state index in [1.165, 1.54) is 6.92 Å². The van der Waals surface area contributed by atoms with Crippen LogP contribution in [0.2, 0.25) is 0 Å². The number of carbonyl (C=O) groups excluding carboxylic acids is 2. The maximum Gasteiger partial charge on any atom is 0.302 e. The Morgan fingerprint density at radius 1 is 1.47 bits per heavy atom. The van der Waals surface area contributed by atoms with Crippen LogP contribution in [0.5, 0.6) is 0 Å². The lowest BCUT2D eigenvalue weighted by Gasteiger charge is -2.15. The largest absolute Gasteiger partial charge is 0.465 e. The molecule has 0 saturated heterocycles. The van der Waals surface area contributed by atoms with Crippen molar-refractivity contribution in [3.63, 3.8) is 0 Å². The van der Waals surface area contributed by atoms with E-state index in [-0.39, 0.29) is 17.8 Å². The van der Waals surface area contributed by atoms with Crippen LogP contribution in [0.15, 0.2) is 0 Å². The number of ether oxygens (including phenoxy) is 1. The number of amides is 1. The van der Waals surface area contributed by atoms with Gasteiger partial charge in [0.15, 0.2) is 0 Å². The van der Waals surface area contributed by atoms with Gasteiger partial charge < -0.3 is 15.0 Å². The predicted octanol–water partition coefficient (Wildman–Crippen LogP) is 0.554. The molecule has 6 heteroatoms. The minimum atomic E-state index is -0.313. The van der Waals surface area contributed by atoms with Crippen LogP contribution in [0.4, 0.5) is 4.79 Å². The third kappa shape index (κ3) is 8.26. The van der Waals surface area contributed by atoms with Crippen molar-refractivity contribution in [2.75, 3.05) is 39.5 Å². The predicted molar refractivity (Wildman–Crippen MR) is 61.0 cm³/mol. The SMILES string of the molecule is CNCCN(C)C(=O)SCCOC(C)=O. The first-order valence-electron chi connectivity index (χ1n) is 4.73. The summed E-state index contributed by atoms with van der Waals surface area (Å²) in [7, 11) is 3.59. The number of hydrogen-bond acceptors (Lipinski definition) is 5. The Kier molecular flexibility index (Phi) is 8.12. The molecular weight excluding hydrogens is 216 g/mol. The molecule has 0 atom stereocenters. The van der Waals surface area contributed by atoms with Gasteiger partial charge >= 0.3 is 5.97 Å². The van der Waals surface area contributed by atoms with Gasteiger partial charge in [-0.15, -0.1) is 0 Å². The first-order chi connectivity index (χ1) is 7.07. The Balaban J connectivity index is 3.51. The topological polar surface area (TPSA) is 58.6 Å². The fraction of sp³-hybridized carbons (Fsp3) is 0.778. The summed E-state index contributed by atoms with van der Waals surface area (Å²) >= 11 is 1.16. The van der Waals surface area contributed by atoms with Gasteiger partial charge in [0, 0.05) is 32.8 Å². The van der Waals surface area contributed by atoms with Crippen molar-refractivity contribution >= 4 is 23.0 Å². The van der Waals surface area contributed by atoms with Gasteiger partial charge in [-0.1, -0.05) is 11.8 Å². The highest BCUT2D eigenvalue weighted by atomic mass is 32.2. The second-order valence-electron chi connectivity index (χ2n) is 2.98. The molecule has 0 aliphatic heterocycles. The van der Waals surface area contributed by atoms with Gasteiger partial charge in [-0.3, -0.25) is 9.59 Å². The Bertz CT molecular complexity index is 212.